The lowest BCUT2D eigenvalue weighted by Crippen LogP contribution is -2.49. The number of fused-ring (bicyclic) bond motifs is 1. The second-order valence-electron chi connectivity index (χ2n) is 7.95. The molecule has 164 valence electrons. The Morgan fingerprint density at radius 2 is 1.84 bits per heavy atom. The van der Waals surface area contributed by atoms with Crippen molar-refractivity contribution in [1.29, 1.82) is 0 Å². The van der Waals surface area contributed by atoms with Crippen LogP contribution in [0.4, 0.5) is 11.4 Å². The maximum Gasteiger partial charge on any atom is 0.265 e. The van der Waals surface area contributed by atoms with Gasteiger partial charge in [0.15, 0.2) is 6.61 Å². The molecule has 7 nitrogen and oxygen atoms in total. The number of carbonyl (C=O) groups excluding carboxylic acids is 2. The van der Waals surface area contributed by atoms with Crippen LogP contribution in [-0.2, 0) is 9.59 Å². The lowest BCUT2D eigenvalue weighted by Gasteiger charge is -2.36. The van der Waals surface area contributed by atoms with Crippen LogP contribution in [0.1, 0.15) is 18.4 Å². The molecule has 2 heterocycles. The van der Waals surface area contributed by atoms with Crippen molar-refractivity contribution in [2.24, 2.45) is 0 Å². The number of nitrogens with zero attached hydrogens (tertiary/aromatic N) is 3. The number of methoxy groups -OCH3 is 1. The Balaban J connectivity index is 1.29. The lowest BCUT2D eigenvalue weighted by atomic mass is 10.1. The predicted molar refractivity (Wildman–Crippen MR) is 120 cm³/mol. The summed E-state index contributed by atoms with van der Waals surface area (Å²) >= 11 is 0. The van der Waals surface area contributed by atoms with E-state index >= 15 is 0 Å². The van der Waals surface area contributed by atoms with Crippen LogP contribution in [0.15, 0.2) is 42.5 Å². The van der Waals surface area contributed by atoms with Crippen LogP contribution in [-0.4, -0.2) is 63.2 Å². The molecule has 31 heavy (non-hydrogen) atoms. The molecule has 0 N–H and O–H groups in total. The molecular weight excluding hydrogens is 394 g/mol. The van der Waals surface area contributed by atoms with E-state index in [-0.39, 0.29) is 18.4 Å². The molecule has 2 aliphatic heterocycles. The molecule has 0 aliphatic carbocycles. The maximum absolute atomic E-state index is 12.7. The van der Waals surface area contributed by atoms with E-state index in [0.717, 1.165) is 41.5 Å². The first-order valence-corrected chi connectivity index (χ1v) is 10.8. The molecule has 0 spiro atoms. The van der Waals surface area contributed by atoms with Crippen molar-refractivity contribution in [3.05, 3.63) is 48.0 Å². The smallest absolute Gasteiger partial charge is 0.265 e. The summed E-state index contributed by atoms with van der Waals surface area (Å²) in [4.78, 5) is 31.0. The van der Waals surface area contributed by atoms with Gasteiger partial charge in [0.1, 0.15) is 11.5 Å². The van der Waals surface area contributed by atoms with Crippen LogP contribution in [0.5, 0.6) is 11.5 Å². The largest absolute Gasteiger partial charge is 0.495 e. The molecule has 7 heteroatoms. The number of aryl methyl sites for hydroxylation is 1. The summed E-state index contributed by atoms with van der Waals surface area (Å²) in [5.41, 5.74) is 2.94. The lowest BCUT2D eigenvalue weighted by molar-refractivity contribution is -0.131. The van der Waals surface area contributed by atoms with Gasteiger partial charge in [-0.1, -0.05) is 18.2 Å². The number of piperazine rings is 1. The summed E-state index contributed by atoms with van der Waals surface area (Å²) in [6, 6.07) is 13.8. The number of ether oxygens (including phenoxy) is 2. The Kier molecular flexibility index (Phi) is 6.30. The highest BCUT2D eigenvalue weighted by Gasteiger charge is 2.26. The topological polar surface area (TPSA) is 62.3 Å². The molecule has 1 saturated heterocycles. The van der Waals surface area contributed by atoms with Gasteiger partial charge in [-0.3, -0.25) is 9.59 Å². The fourth-order valence-electron chi connectivity index (χ4n) is 4.19. The SMILES string of the molecule is COc1ccccc1N1CCN(C(=O)CCCN2C(=O)COc3ccc(C)cc32)CC1. The minimum atomic E-state index is -0.0593. The molecule has 4 rings (SSSR count). The highest BCUT2D eigenvalue weighted by molar-refractivity contribution is 5.98. The van der Waals surface area contributed by atoms with Gasteiger partial charge in [0.05, 0.1) is 18.5 Å². The van der Waals surface area contributed by atoms with Gasteiger partial charge in [0.25, 0.3) is 5.91 Å². The van der Waals surface area contributed by atoms with Crippen LogP contribution < -0.4 is 19.3 Å². The number of rotatable bonds is 6. The molecule has 0 saturated carbocycles. The van der Waals surface area contributed by atoms with E-state index in [1.807, 2.05) is 48.2 Å². The van der Waals surface area contributed by atoms with Gasteiger partial charge in [-0.15, -0.1) is 0 Å². The molecule has 0 radical (unpaired) electrons. The van der Waals surface area contributed by atoms with E-state index in [0.29, 0.717) is 32.5 Å². The molecule has 2 aromatic carbocycles. The van der Waals surface area contributed by atoms with Crippen LogP contribution in [0.3, 0.4) is 0 Å². The summed E-state index contributed by atoms with van der Waals surface area (Å²) in [7, 11) is 1.68. The average molecular weight is 424 g/mol. The van der Waals surface area contributed by atoms with Crippen molar-refractivity contribution in [2.45, 2.75) is 19.8 Å². The minimum absolute atomic E-state index is 0.0505. The van der Waals surface area contributed by atoms with E-state index in [2.05, 4.69) is 11.0 Å². The number of anilines is 2. The Labute approximate surface area is 183 Å². The molecular formula is C24H29N3O4. The summed E-state index contributed by atoms with van der Waals surface area (Å²) < 4.78 is 11.0. The summed E-state index contributed by atoms with van der Waals surface area (Å²) in [5, 5.41) is 0. The van der Waals surface area contributed by atoms with Crippen molar-refractivity contribution < 1.29 is 19.1 Å². The molecule has 0 atom stereocenters. The van der Waals surface area contributed by atoms with Gasteiger partial charge in [0.2, 0.25) is 5.91 Å². The normalized spacial score (nSPS) is 16.1. The van der Waals surface area contributed by atoms with Gasteiger partial charge in [-0.05, 0) is 43.2 Å². The zero-order valence-electron chi connectivity index (χ0n) is 18.2. The molecule has 2 amide bonds. The predicted octanol–water partition coefficient (Wildman–Crippen LogP) is 2.86. The number of carbonyl (C=O) groups is 2. The summed E-state index contributed by atoms with van der Waals surface area (Å²) in [5.74, 6) is 1.66. The first-order valence-electron chi connectivity index (χ1n) is 10.8. The zero-order chi connectivity index (χ0) is 21.8. The van der Waals surface area contributed by atoms with E-state index < -0.39 is 0 Å². The van der Waals surface area contributed by atoms with Crippen molar-refractivity contribution in [2.75, 3.05) is 56.2 Å². The number of amides is 2. The third-order valence-electron chi connectivity index (χ3n) is 5.89. The van der Waals surface area contributed by atoms with Crippen LogP contribution >= 0.6 is 0 Å². The first kappa shape index (κ1) is 21.0. The molecule has 2 aliphatic rings. The van der Waals surface area contributed by atoms with Crippen LogP contribution in [0.2, 0.25) is 0 Å². The standard InChI is InChI=1S/C24H29N3O4/c1-18-9-10-22-20(16-18)27(24(29)17-31-22)11-5-8-23(28)26-14-12-25(13-15-26)19-6-3-4-7-21(19)30-2/h3-4,6-7,9-10,16H,5,8,11-15,17H2,1-2H3. The monoisotopic (exact) mass is 423 g/mol. The van der Waals surface area contributed by atoms with E-state index in [1.165, 1.54) is 0 Å². The Hall–Kier alpha value is -3.22. The quantitative estimate of drug-likeness (QED) is 0.715. The minimum Gasteiger partial charge on any atom is -0.495 e. The number of benzene rings is 2. The molecule has 1 fully saturated rings. The van der Waals surface area contributed by atoms with Gasteiger partial charge >= 0.3 is 0 Å². The van der Waals surface area contributed by atoms with Gasteiger partial charge in [-0.2, -0.15) is 0 Å². The second kappa shape index (κ2) is 9.29. The van der Waals surface area contributed by atoms with Crippen LogP contribution in [0, 0.1) is 6.92 Å². The first-order chi connectivity index (χ1) is 15.1. The summed E-state index contributed by atoms with van der Waals surface area (Å²) in [6.07, 6.45) is 1.06. The molecule has 0 aromatic heterocycles. The zero-order valence-corrected chi connectivity index (χ0v) is 18.2. The van der Waals surface area contributed by atoms with Crippen LogP contribution in [0.25, 0.3) is 0 Å². The Bertz CT molecular complexity index is 954. The molecule has 2 aromatic rings. The Morgan fingerprint density at radius 1 is 1.06 bits per heavy atom. The molecule has 0 bridgehead atoms. The van der Waals surface area contributed by atoms with Gasteiger partial charge < -0.3 is 24.2 Å². The fourth-order valence-corrected chi connectivity index (χ4v) is 4.19. The molecule has 0 unspecified atom stereocenters. The third kappa shape index (κ3) is 4.60. The van der Waals surface area contributed by atoms with E-state index in [4.69, 9.17) is 9.47 Å². The highest BCUT2D eigenvalue weighted by Crippen LogP contribution is 2.33. The van der Waals surface area contributed by atoms with Crippen molar-refractivity contribution in [3.8, 4) is 11.5 Å². The fraction of sp³-hybridized carbons (Fsp3) is 0.417. The number of hydrogen-bond donors (Lipinski definition) is 0. The maximum atomic E-state index is 12.7. The number of para-hydroxylation sites is 2. The van der Waals surface area contributed by atoms with Crippen molar-refractivity contribution >= 4 is 23.2 Å². The highest BCUT2D eigenvalue weighted by atomic mass is 16.5. The summed E-state index contributed by atoms with van der Waals surface area (Å²) in [6.45, 7) is 5.50. The second-order valence-corrected chi connectivity index (χ2v) is 7.95. The van der Waals surface area contributed by atoms with E-state index in [9.17, 15) is 9.59 Å². The average Bonchev–Trinajstić information content (AvgIpc) is 2.80. The van der Waals surface area contributed by atoms with E-state index in [1.54, 1.807) is 12.0 Å². The Morgan fingerprint density at radius 3 is 2.61 bits per heavy atom. The van der Waals surface area contributed by atoms with Crippen molar-refractivity contribution in [1.82, 2.24) is 4.90 Å². The third-order valence-corrected chi connectivity index (χ3v) is 5.89. The number of hydrogen-bond acceptors (Lipinski definition) is 5. The van der Waals surface area contributed by atoms with Gasteiger partial charge in [0, 0.05) is 39.1 Å². The van der Waals surface area contributed by atoms with Crippen molar-refractivity contribution in [3.63, 3.8) is 0 Å². The van der Waals surface area contributed by atoms with Gasteiger partial charge in [-0.25, -0.2) is 0 Å².